The number of halogens is 1. The van der Waals surface area contributed by atoms with Crippen LogP contribution in [-0.4, -0.2) is 31.7 Å². The quantitative estimate of drug-likeness (QED) is 0.448. The van der Waals surface area contributed by atoms with Crippen molar-refractivity contribution in [3.05, 3.63) is 59.8 Å². The molecule has 6 rings (SSSR count). The minimum atomic E-state index is 0.492. The topological polar surface area (TPSA) is 67.1 Å². The van der Waals surface area contributed by atoms with Gasteiger partial charge in [0.1, 0.15) is 11.5 Å². The standard InChI is InChI=1S/C23H21ClN6/c24-15-4-1-3-14(13-15)22-21(18-11-12-25-23(28-18)27-17-9-10-17)19-5-2-6-20(30(19)29-22)26-16-7-8-16/h1-6,11-13,16-17,26H,7-10H2,(H,25,27,28). The second-order valence-electron chi connectivity index (χ2n) is 8.04. The molecule has 4 aromatic rings. The van der Waals surface area contributed by atoms with E-state index in [1.165, 1.54) is 25.7 Å². The Morgan fingerprint density at radius 1 is 0.933 bits per heavy atom. The summed E-state index contributed by atoms with van der Waals surface area (Å²) in [4.78, 5) is 9.24. The van der Waals surface area contributed by atoms with Gasteiger partial charge in [-0.1, -0.05) is 29.8 Å². The van der Waals surface area contributed by atoms with Gasteiger partial charge in [-0.2, -0.15) is 5.10 Å². The van der Waals surface area contributed by atoms with Crippen LogP contribution < -0.4 is 10.6 Å². The van der Waals surface area contributed by atoms with Gasteiger partial charge in [0.05, 0.1) is 16.8 Å². The summed E-state index contributed by atoms with van der Waals surface area (Å²) < 4.78 is 1.99. The number of hydrogen-bond acceptors (Lipinski definition) is 5. The zero-order valence-electron chi connectivity index (χ0n) is 16.3. The molecule has 3 aromatic heterocycles. The fourth-order valence-electron chi connectivity index (χ4n) is 3.68. The summed E-state index contributed by atoms with van der Waals surface area (Å²) in [5.41, 5.74) is 4.67. The number of pyridine rings is 1. The van der Waals surface area contributed by atoms with Crippen LogP contribution in [0.3, 0.4) is 0 Å². The van der Waals surface area contributed by atoms with Crippen LogP contribution in [0.4, 0.5) is 11.8 Å². The summed E-state index contributed by atoms with van der Waals surface area (Å²) in [6.07, 6.45) is 6.56. The van der Waals surface area contributed by atoms with Gasteiger partial charge in [0, 0.05) is 28.9 Å². The molecule has 0 amide bonds. The lowest BCUT2D eigenvalue weighted by atomic mass is 10.0. The molecule has 0 atom stereocenters. The number of rotatable bonds is 6. The van der Waals surface area contributed by atoms with Gasteiger partial charge in [0.25, 0.3) is 0 Å². The minimum Gasteiger partial charge on any atom is -0.367 e. The fraction of sp³-hybridized carbons (Fsp3) is 0.261. The van der Waals surface area contributed by atoms with Crippen LogP contribution in [0.1, 0.15) is 25.7 Å². The van der Waals surface area contributed by atoms with Crippen molar-refractivity contribution < 1.29 is 0 Å². The molecule has 2 saturated carbocycles. The largest absolute Gasteiger partial charge is 0.367 e. The van der Waals surface area contributed by atoms with E-state index in [2.05, 4.69) is 33.8 Å². The Morgan fingerprint density at radius 3 is 2.53 bits per heavy atom. The third-order valence-electron chi connectivity index (χ3n) is 5.51. The number of nitrogens with zero attached hydrogens (tertiary/aromatic N) is 4. The number of hydrogen-bond donors (Lipinski definition) is 2. The second kappa shape index (κ2) is 6.99. The Morgan fingerprint density at radius 2 is 1.73 bits per heavy atom. The van der Waals surface area contributed by atoms with Gasteiger partial charge < -0.3 is 10.6 Å². The zero-order chi connectivity index (χ0) is 20.1. The lowest BCUT2D eigenvalue weighted by molar-refractivity contribution is 0.946. The first kappa shape index (κ1) is 17.7. The van der Waals surface area contributed by atoms with Gasteiger partial charge in [0.2, 0.25) is 5.95 Å². The van der Waals surface area contributed by atoms with Crippen LogP contribution >= 0.6 is 11.6 Å². The lowest BCUT2D eigenvalue weighted by Gasteiger charge is -2.08. The van der Waals surface area contributed by atoms with Gasteiger partial charge in [-0.15, -0.1) is 0 Å². The Hall–Kier alpha value is -3.12. The third kappa shape index (κ3) is 3.37. The number of nitrogens with one attached hydrogen (secondary N) is 2. The average Bonchev–Trinajstić information content (AvgIpc) is 3.68. The van der Waals surface area contributed by atoms with Crippen molar-refractivity contribution in [1.82, 2.24) is 19.6 Å². The number of fused-ring (bicyclic) bond motifs is 1. The van der Waals surface area contributed by atoms with E-state index in [-0.39, 0.29) is 0 Å². The van der Waals surface area contributed by atoms with E-state index >= 15 is 0 Å². The summed E-state index contributed by atoms with van der Waals surface area (Å²) in [5.74, 6) is 1.66. The molecule has 2 aliphatic carbocycles. The van der Waals surface area contributed by atoms with Crippen molar-refractivity contribution >= 4 is 28.9 Å². The molecule has 0 spiro atoms. The Kier molecular flexibility index (Phi) is 4.13. The van der Waals surface area contributed by atoms with Gasteiger partial charge in [-0.05, 0) is 56.0 Å². The second-order valence-corrected chi connectivity index (χ2v) is 8.48. The van der Waals surface area contributed by atoms with Crippen LogP contribution in [0.5, 0.6) is 0 Å². The van der Waals surface area contributed by atoms with Crippen molar-refractivity contribution in [2.45, 2.75) is 37.8 Å². The van der Waals surface area contributed by atoms with Crippen molar-refractivity contribution in [2.75, 3.05) is 10.6 Å². The highest BCUT2D eigenvalue weighted by molar-refractivity contribution is 6.30. The van der Waals surface area contributed by atoms with Crippen LogP contribution in [0.2, 0.25) is 5.02 Å². The maximum Gasteiger partial charge on any atom is 0.223 e. The fourth-order valence-corrected chi connectivity index (χ4v) is 3.87. The predicted molar refractivity (Wildman–Crippen MR) is 120 cm³/mol. The molecule has 1 aromatic carbocycles. The van der Waals surface area contributed by atoms with Crippen LogP contribution in [0, 0.1) is 0 Å². The van der Waals surface area contributed by atoms with Crippen molar-refractivity contribution in [1.29, 1.82) is 0 Å². The van der Waals surface area contributed by atoms with E-state index in [9.17, 15) is 0 Å². The molecular formula is C23H21ClN6. The maximum absolute atomic E-state index is 6.31. The third-order valence-corrected chi connectivity index (χ3v) is 5.74. The lowest BCUT2D eigenvalue weighted by Crippen LogP contribution is -2.06. The number of aromatic nitrogens is 4. The van der Waals surface area contributed by atoms with Crippen molar-refractivity contribution in [3.63, 3.8) is 0 Å². The summed E-state index contributed by atoms with van der Waals surface area (Å²) in [5, 5.41) is 12.7. The van der Waals surface area contributed by atoms with E-state index < -0.39 is 0 Å². The van der Waals surface area contributed by atoms with Crippen molar-refractivity contribution in [2.24, 2.45) is 0 Å². The summed E-state index contributed by atoms with van der Waals surface area (Å²) in [7, 11) is 0. The molecule has 0 unspecified atom stereocenters. The summed E-state index contributed by atoms with van der Waals surface area (Å²) in [6, 6.07) is 17.0. The molecule has 6 nitrogen and oxygen atoms in total. The summed E-state index contributed by atoms with van der Waals surface area (Å²) in [6.45, 7) is 0. The van der Waals surface area contributed by atoms with Crippen LogP contribution in [0.25, 0.3) is 28.0 Å². The van der Waals surface area contributed by atoms with E-state index in [0.29, 0.717) is 23.1 Å². The highest BCUT2D eigenvalue weighted by Crippen LogP contribution is 2.37. The highest BCUT2D eigenvalue weighted by atomic mass is 35.5. The van der Waals surface area contributed by atoms with E-state index in [1.54, 1.807) is 0 Å². The summed E-state index contributed by atoms with van der Waals surface area (Å²) >= 11 is 6.31. The van der Waals surface area contributed by atoms with Gasteiger partial charge in [-0.3, -0.25) is 0 Å². The van der Waals surface area contributed by atoms with Crippen molar-refractivity contribution in [3.8, 4) is 22.5 Å². The minimum absolute atomic E-state index is 0.492. The molecule has 0 radical (unpaired) electrons. The maximum atomic E-state index is 6.31. The molecular weight excluding hydrogens is 396 g/mol. The molecule has 3 heterocycles. The predicted octanol–water partition coefficient (Wildman–Crippen LogP) is 5.26. The van der Waals surface area contributed by atoms with Crippen LogP contribution in [0.15, 0.2) is 54.7 Å². The first-order valence-electron chi connectivity index (χ1n) is 10.4. The molecule has 2 fully saturated rings. The van der Waals surface area contributed by atoms with E-state index in [1.807, 2.05) is 41.0 Å². The zero-order valence-corrected chi connectivity index (χ0v) is 17.1. The Labute approximate surface area is 179 Å². The SMILES string of the molecule is Clc1cccc(-c2nn3c(NC4CC4)cccc3c2-c2ccnc(NC3CC3)n2)c1. The first-order chi connectivity index (χ1) is 14.7. The van der Waals surface area contributed by atoms with Crippen LogP contribution in [-0.2, 0) is 0 Å². The van der Waals surface area contributed by atoms with E-state index in [4.69, 9.17) is 21.7 Å². The van der Waals surface area contributed by atoms with Gasteiger partial charge in [0.15, 0.2) is 0 Å². The molecule has 0 aliphatic heterocycles. The molecule has 0 bridgehead atoms. The average molecular weight is 417 g/mol. The number of benzene rings is 1. The van der Waals surface area contributed by atoms with Gasteiger partial charge >= 0.3 is 0 Å². The first-order valence-corrected chi connectivity index (χ1v) is 10.8. The molecule has 2 aliphatic rings. The Bertz CT molecular complexity index is 1240. The molecule has 30 heavy (non-hydrogen) atoms. The molecule has 2 N–H and O–H groups in total. The monoisotopic (exact) mass is 416 g/mol. The Balaban J connectivity index is 1.56. The normalized spacial score (nSPS) is 16.0. The van der Waals surface area contributed by atoms with Gasteiger partial charge in [-0.25, -0.2) is 14.5 Å². The molecule has 150 valence electrons. The molecule has 7 heteroatoms. The van der Waals surface area contributed by atoms with E-state index in [0.717, 1.165) is 33.8 Å². The smallest absolute Gasteiger partial charge is 0.223 e. The number of anilines is 2. The molecule has 0 saturated heterocycles. The highest BCUT2D eigenvalue weighted by Gasteiger charge is 2.25.